The van der Waals surface area contributed by atoms with Gasteiger partial charge in [0.25, 0.3) is 0 Å². The number of benzene rings is 1. The number of carboxylic acid groups (broad SMARTS) is 1. The molecule has 0 fully saturated rings. The van der Waals surface area contributed by atoms with Crippen LogP contribution in [0.4, 0.5) is 13.2 Å². The van der Waals surface area contributed by atoms with Crippen LogP contribution in [0.2, 0.25) is 5.02 Å². The molecule has 0 aliphatic heterocycles. The first-order chi connectivity index (χ1) is 10.8. The number of carbonyl (C=O) groups is 2. The fourth-order valence-electron chi connectivity index (χ4n) is 1.66. The van der Waals surface area contributed by atoms with Crippen LogP contribution in [0, 0.1) is 0 Å². The van der Waals surface area contributed by atoms with Crippen molar-refractivity contribution < 1.29 is 36.3 Å². The van der Waals surface area contributed by atoms with Gasteiger partial charge in [-0.3, -0.25) is 9.59 Å². The Morgan fingerprint density at radius 2 is 1.92 bits per heavy atom. The van der Waals surface area contributed by atoms with Crippen LogP contribution in [0.5, 0.6) is 0 Å². The molecule has 0 aliphatic carbocycles. The largest absolute Gasteiger partial charge is 0.480 e. The quantitative estimate of drug-likeness (QED) is 0.650. The van der Waals surface area contributed by atoms with Crippen LogP contribution >= 0.6 is 11.6 Å². The normalized spacial score (nSPS) is 13.5. The van der Waals surface area contributed by atoms with Gasteiger partial charge in [0, 0.05) is 6.42 Å². The smallest absolute Gasteiger partial charge is 0.417 e. The summed E-state index contributed by atoms with van der Waals surface area (Å²) in [6.45, 7) is 0. The maximum atomic E-state index is 12.8. The zero-order valence-corrected chi connectivity index (χ0v) is 13.4. The highest BCUT2D eigenvalue weighted by Gasteiger charge is 2.35. The highest BCUT2D eigenvalue weighted by atomic mass is 35.5. The van der Waals surface area contributed by atoms with Gasteiger partial charge in [0.15, 0.2) is 0 Å². The SMILES string of the molecule is NC(=O)CC[C@H](NS(=O)(=O)c1ccc(Cl)c(C(F)(F)F)c1)C(=O)O. The third-order valence-corrected chi connectivity index (χ3v) is 4.63. The lowest BCUT2D eigenvalue weighted by Crippen LogP contribution is -2.41. The van der Waals surface area contributed by atoms with E-state index in [1.54, 1.807) is 4.72 Å². The highest BCUT2D eigenvalue weighted by Crippen LogP contribution is 2.35. The average Bonchev–Trinajstić information content (AvgIpc) is 2.41. The molecule has 7 nitrogen and oxygen atoms in total. The Morgan fingerprint density at radius 3 is 2.38 bits per heavy atom. The van der Waals surface area contributed by atoms with Crippen molar-refractivity contribution in [3.05, 3.63) is 28.8 Å². The highest BCUT2D eigenvalue weighted by molar-refractivity contribution is 7.89. The topological polar surface area (TPSA) is 127 Å². The third-order valence-electron chi connectivity index (χ3n) is 2.83. The number of nitrogens with two attached hydrogens (primary N) is 1. The van der Waals surface area contributed by atoms with Gasteiger partial charge < -0.3 is 10.8 Å². The van der Waals surface area contributed by atoms with Crippen LogP contribution in [0.1, 0.15) is 18.4 Å². The fraction of sp³-hybridized carbons (Fsp3) is 0.333. The molecule has 134 valence electrons. The van der Waals surface area contributed by atoms with Crippen LogP contribution < -0.4 is 10.5 Å². The molecule has 0 saturated heterocycles. The fourth-order valence-corrected chi connectivity index (χ4v) is 3.14. The number of hydrogen-bond acceptors (Lipinski definition) is 4. The van der Waals surface area contributed by atoms with Gasteiger partial charge in [0.1, 0.15) is 6.04 Å². The number of alkyl halides is 3. The molecule has 0 heterocycles. The standard InChI is InChI=1S/C12H12ClF3N2O5S/c13-8-2-1-6(5-7(8)12(14,15)16)24(22,23)18-9(11(20)21)3-4-10(17)19/h1-2,5,9,18H,3-4H2,(H2,17,19)(H,20,21)/t9-/m0/s1. The molecule has 0 unspecified atom stereocenters. The predicted molar refractivity (Wildman–Crippen MR) is 76.6 cm³/mol. The molecule has 1 atom stereocenters. The lowest BCUT2D eigenvalue weighted by molar-refractivity contribution is -0.139. The lowest BCUT2D eigenvalue weighted by atomic mass is 10.2. The van der Waals surface area contributed by atoms with Crippen LogP contribution in [-0.4, -0.2) is 31.4 Å². The summed E-state index contributed by atoms with van der Waals surface area (Å²) >= 11 is 5.39. The molecule has 0 aromatic heterocycles. The van der Waals surface area contributed by atoms with Crippen molar-refractivity contribution in [2.24, 2.45) is 5.73 Å². The molecule has 0 aliphatic rings. The maximum Gasteiger partial charge on any atom is 0.417 e. The van der Waals surface area contributed by atoms with E-state index in [0.29, 0.717) is 0 Å². The van der Waals surface area contributed by atoms with E-state index in [0.717, 1.165) is 12.1 Å². The Bertz CT molecular complexity index is 752. The number of carbonyl (C=O) groups excluding carboxylic acids is 1. The number of nitrogens with one attached hydrogen (secondary N) is 1. The summed E-state index contributed by atoms with van der Waals surface area (Å²) in [5.74, 6) is -2.46. The maximum absolute atomic E-state index is 12.8. The third kappa shape index (κ3) is 5.35. The monoisotopic (exact) mass is 388 g/mol. The molecule has 4 N–H and O–H groups in total. The summed E-state index contributed by atoms with van der Waals surface area (Å²) in [4.78, 5) is 20.9. The second kappa shape index (κ2) is 7.36. The van der Waals surface area contributed by atoms with Crippen molar-refractivity contribution in [3.63, 3.8) is 0 Å². The number of primary amides is 1. The molecular weight excluding hydrogens is 377 g/mol. The van der Waals surface area contributed by atoms with Crippen molar-refractivity contribution in [1.29, 1.82) is 0 Å². The number of carboxylic acids is 1. The first kappa shape index (κ1) is 20.2. The van der Waals surface area contributed by atoms with Gasteiger partial charge >= 0.3 is 12.1 Å². The van der Waals surface area contributed by atoms with E-state index in [9.17, 15) is 31.2 Å². The van der Waals surface area contributed by atoms with E-state index >= 15 is 0 Å². The van der Waals surface area contributed by atoms with Crippen molar-refractivity contribution in [2.45, 2.75) is 30.0 Å². The molecule has 1 aromatic rings. The zero-order valence-electron chi connectivity index (χ0n) is 11.8. The Labute approximate surface area is 139 Å². The van der Waals surface area contributed by atoms with E-state index < -0.39 is 62.4 Å². The van der Waals surface area contributed by atoms with Crippen molar-refractivity contribution in [2.75, 3.05) is 0 Å². The second-order valence-electron chi connectivity index (χ2n) is 4.66. The molecule has 1 rings (SSSR count). The summed E-state index contributed by atoms with van der Waals surface area (Å²) < 4.78 is 64.2. The number of sulfonamides is 1. The molecule has 0 radical (unpaired) electrons. The van der Waals surface area contributed by atoms with Crippen LogP contribution in [-0.2, 0) is 25.8 Å². The van der Waals surface area contributed by atoms with Gasteiger partial charge in [0.05, 0.1) is 15.5 Å². The zero-order chi connectivity index (χ0) is 18.7. The number of rotatable bonds is 7. The van der Waals surface area contributed by atoms with Gasteiger partial charge in [0.2, 0.25) is 15.9 Å². The van der Waals surface area contributed by atoms with Gasteiger partial charge in [-0.05, 0) is 24.6 Å². The summed E-state index contributed by atoms with van der Waals surface area (Å²) in [6.07, 6.45) is -5.77. The van der Waals surface area contributed by atoms with Crippen molar-refractivity contribution >= 4 is 33.5 Å². The Morgan fingerprint density at radius 1 is 1.33 bits per heavy atom. The van der Waals surface area contributed by atoms with Gasteiger partial charge in [-0.15, -0.1) is 0 Å². The van der Waals surface area contributed by atoms with Crippen LogP contribution in [0.15, 0.2) is 23.1 Å². The number of hydrogen-bond donors (Lipinski definition) is 3. The second-order valence-corrected chi connectivity index (χ2v) is 6.78. The van der Waals surface area contributed by atoms with Crippen LogP contribution in [0.25, 0.3) is 0 Å². The van der Waals surface area contributed by atoms with E-state index in [1.165, 1.54) is 0 Å². The average molecular weight is 389 g/mol. The molecule has 24 heavy (non-hydrogen) atoms. The first-order valence-electron chi connectivity index (χ1n) is 6.25. The van der Waals surface area contributed by atoms with Crippen LogP contribution in [0.3, 0.4) is 0 Å². The molecular formula is C12H12ClF3N2O5S. The van der Waals surface area contributed by atoms with E-state index in [-0.39, 0.29) is 6.07 Å². The summed E-state index contributed by atoms with van der Waals surface area (Å²) in [5, 5.41) is 8.24. The molecule has 0 saturated carbocycles. The summed E-state index contributed by atoms with van der Waals surface area (Å²) in [6, 6.07) is 0.0930. The minimum Gasteiger partial charge on any atom is -0.480 e. The molecule has 12 heteroatoms. The minimum atomic E-state index is -4.89. The van der Waals surface area contributed by atoms with E-state index in [4.69, 9.17) is 22.4 Å². The Balaban J connectivity index is 3.15. The Hall–Kier alpha value is -1.85. The molecule has 1 aromatic carbocycles. The van der Waals surface area contributed by atoms with E-state index in [2.05, 4.69) is 0 Å². The van der Waals surface area contributed by atoms with Crippen molar-refractivity contribution in [1.82, 2.24) is 4.72 Å². The molecule has 1 amide bonds. The lowest BCUT2D eigenvalue weighted by Gasteiger charge is -2.15. The summed E-state index contributed by atoms with van der Waals surface area (Å²) in [5.41, 5.74) is 3.47. The number of halogens is 4. The van der Waals surface area contributed by atoms with E-state index in [1.807, 2.05) is 0 Å². The summed E-state index contributed by atoms with van der Waals surface area (Å²) in [7, 11) is -4.59. The predicted octanol–water partition coefficient (Wildman–Crippen LogP) is 1.36. The van der Waals surface area contributed by atoms with Crippen molar-refractivity contribution in [3.8, 4) is 0 Å². The Kier molecular flexibility index (Phi) is 6.20. The number of amides is 1. The van der Waals surface area contributed by atoms with Gasteiger partial charge in [-0.2, -0.15) is 17.9 Å². The first-order valence-corrected chi connectivity index (χ1v) is 8.11. The van der Waals surface area contributed by atoms with Gasteiger partial charge in [-0.25, -0.2) is 8.42 Å². The minimum absolute atomic E-state index is 0.289. The molecule has 0 bridgehead atoms. The van der Waals surface area contributed by atoms with Gasteiger partial charge in [-0.1, -0.05) is 11.6 Å². The number of aliphatic carboxylic acids is 1. The molecule has 0 spiro atoms.